The lowest BCUT2D eigenvalue weighted by atomic mass is 10.0. The van der Waals surface area contributed by atoms with Gasteiger partial charge in [0.2, 0.25) is 5.65 Å². The molecular formula is C16H24N6O2. The molecular weight excluding hydrogens is 308 g/mol. The highest BCUT2D eigenvalue weighted by atomic mass is 16.6. The van der Waals surface area contributed by atoms with Gasteiger partial charge in [-0.1, -0.05) is 29.9 Å². The van der Waals surface area contributed by atoms with Gasteiger partial charge in [-0.05, 0) is 36.3 Å². The summed E-state index contributed by atoms with van der Waals surface area (Å²) in [4.78, 5) is 17.1. The van der Waals surface area contributed by atoms with E-state index in [0.717, 1.165) is 19.6 Å². The van der Waals surface area contributed by atoms with Gasteiger partial charge in [0.15, 0.2) is 5.82 Å². The van der Waals surface area contributed by atoms with Crippen molar-refractivity contribution >= 4 is 17.3 Å². The Hall–Kier alpha value is -2.22. The third-order valence-corrected chi connectivity index (χ3v) is 4.40. The summed E-state index contributed by atoms with van der Waals surface area (Å²) in [6.45, 7) is 7.53. The number of likely N-dealkylation sites (tertiary alicyclic amines) is 1. The van der Waals surface area contributed by atoms with Gasteiger partial charge in [-0.25, -0.2) is 4.98 Å². The summed E-state index contributed by atoms with van der Waals surface area (Å²) in [7, 11) is 0. The predicted octanol–water partition coefficient (Wildman–Crippen LogP) is 2.56. The molecule has 0 radical (unpaired) electrons. The van der Waals surface area contributed by atoms with Gasteiger partial charge < -0.3 is 15.4 Å². The van der Waals surface area contributed by atoms with Crippen molar-refractivity contribution in [3.63, 3.8) is 0 Å². The van der Waals surface area contributed by atoms with E-state index in [-0.39, 0.29) is 5.82 Å². The van der Waals surface area contributed by atoms with Crippen LogP contribution in [0.1, 0.15) is 33.1 Å². The molecule has 0 bridgehead atoms. The zero-order valence-corrected chi connectivity index (χ0v) is 14.2. The minimum atomic E-state index is -0.470. The molecule has 1 fully saturated rings. The highest BCUT2D eigenvalue weighted by molar-refractivity contribution is 5.48. The second-order valence-electron chi connectivity index (χ2n) is 6.78. The van der Waals surface area contributed by atoms with E-state index in [1.165, 1.54) is 30.0 Å². The van der Waals surface area contributed by atoms with Gasteiger partial charge >= 0.3 is 5.82 Å². The average Bonchev–Trinajstić information content (AvgIpc) is 2.97. The Morgan fingerprint density at radius 1 is 1.42 bits per heavy atom. The number of nitrogens with zero attached hydrogens (tertiary/aromatic N) is 5. The lowest BCUT2D eigenvalue weighted by molar-refractivity contribution is -0.391. The summed E-state index contributed by atoms with van der Waals surface area (Å²) in [5, 5.41) is 18.7. The first kappa shape index (κ1) is 16.6. The lowest BCUT2D eigenvalue weighted by Crippen LogP contribution is -2.45. The number of fused-ring (bicyclic) bond motifs is 1. The molecule has 3 heterocycles. The van der Waals surface area contributed by atoms with Crippen molar-refractivity contribution in [1.29, 1.82) is 0 Å². The second-order valence-corrected chi connectivity index (χ2v) is 6.78. The molecule has 1 N–H and O–H groups in total. The fourth-order valence-corrected chi connectivity index (χ4v) is 3.30. The van der Waals surface area contributed by atoms with Crippen molar-refractivity contribution in [2.45, 2.75) is 39.2 Å². The normalized spacial score (nSPS) is 19.0. The Bertz CT molecular complexity index is 714. The minimum Gasteiger partial charge on any atom is -0.365 e. The zero-order chi connectivity index (χ0) is 17.1. The standard InChI is InChI=1S/C16H24N6O2/c1-12(2)11-20-8-4-3-5-13(20)9-17-14-6-7-15-18-10-16(22(23)24)21(15)19-14/h6-7,10,12-13H,3-5,8-9,11H2,1-2H3,(H,17,19). The fraction of sp³-hybridized carbons (Fsp3) is 0.625. The number of hydrogen-bond acceptors (Lipinski definition) is 6. The smallest absolute Gasteiger partial charge is 0.365 e. The van der Waals surface area contributed by atoms with Crippen LogP contribution in [0, 0.1) is 16.0 Å². The molecule has 0 aromatic carbocycles. The Morgan fingerprint density at radius 2 is 2.25 bits per heavy atom. The molecule has 24 heavy (non-hydrogen) atoms. The number of nitro groups is 1. The van der Waals surface area contributed by atoms with Crippen molar-refractivity contribution in [3.05, 3.63) is 28.4 Å². The van der Waals surface area contributed by atoms with Gasteiger partial charge in [0.05, 0.1) is 0 Å². The lowest BCUT2D eigenvalue weighted by Gasteiger charge is -2.36. The van der Waals surface area contributed by atoms with Gasteiger partial charge in [0, 0.05) is 25.2 Å². The van der Waals surface area contributed by atoms with Crippen molar-refractivity contribution in [1.82, 2.24) is 19.5 Å². The number of piperidine rings is 1. The van der Waals surface area contributed by atoms with Crippen LogP contribution in [-0.2, 0) is 0 Å². The SMILES string of the molecule is CC(C)CN1CCCCC1CNc1ccc2ncc([N+](=O)[O-])n2n1. The Morgan fingerprint density at radius 3 is 3.00 bits per heavy atom. The number of aromatic nitrogens is 3. The van der Waals surface area contributed by atoms with Crippen LogP contribution in [0.15, 0.2) is 18.3 Å². The molecule has 2 aromatic heterocycles. The van der Waals surface area contributed by atoms with Gasteiger partial charge in [-0.2, -0.15) is 0 Å². The Labute approximate surface area is 141 Å². The number of hydrogen-bond donors (Lipinski definition) is 1. The molecule has 130 valence electrons. The van der Waals surface area contributed by atoms with Crippen LogP contribution < -0.4 is 5.32 Å². The van der Waals surface area contributed by atoms with Crippen molar-refractivity contribution < 1.29 is 4.92 Å². The summed E-state index contributed by atoms with van der Waals surface area (Å²) in [6.07, 6.45) is 4.92. The summed E-state index contributed by atoms with van der Waals surface area (Å²) in [5.74, 6) is 1.17. The molecule has 0 spiro atoms. The predicted molar refractivity (Wildman–Crippen MR) is 92.2 cm³/mol. The van der Waals surface area contributed by atoms with Crippen LogP contribution in [-0.4, -0.2) is 50.1 Å². The van der Waals surface area contributed by atoms with Crippen molar-refractivity contribution in [2.75, 3.05) is 25.0 Å². The molecule has 1 aliphatic rings. The minimum absolute atomic E-state index is 0.118. The van der Waals surface area contributed by atoms with Crippen molar-refractivity contribution in [3.8, 4) is 0 Å². The first-order valence-electron chi connectivity index (χ1n) is 8.51. The molecule has 0 saturated carbocycles. The summed E-state index contributed by atoms with van der Waals surface area (Å²) in [5.41, 5.74) is 0.478. The summed E-state index contributed by atoms with van der Waals surface area (Å²) in [6, 6.07) is 4.05. The molecule has 1 saturated heterocycles. The molecule has 2 aromatic rings. The average molecular weight is 332 g/mol. The summed E-state index contributed by atoms with van der Waals surface area (Å²) >= 11 is 0. The Kier molecular flexibility index (Phi) is 4.94. The molecule has 1 aliphatic heterocycles. The van der Waals surface area contributed by atoms with Crippen LogP contribution in [0.3, 0.4) is 0 Å². The maximum atomic E-state index is 11.0. The number of anilines is 1. The first-order valence-corrected chi connectivity index (χ1v) is 8.51. The van der Waals surface area contributed by atoms with Crippen LogP contribution in [0.4, 0.5) is 11.6 Å². The second kappa shape index (κ2) is 7.12. The fourth-order valence-electron chi connectivity index (χ4n) is 3.30. The highest BCUT2D eigenvalue weighted by Gasteiger charge is 2.23. The van der Waals surface area contributed by atoms with Crippen LogP contribution >= 0.6 is 0 Å². The summed E-state index contributed by atoms with van der Waals surface area (Å²) < 4.78 is 1.27. The molecule has 0 amide bonds. The molecule has 1 atom stereocenters. The van der Waals surface area contributed by atoms with E-state index in [1.807, 2.05) is 6.07 Å². The molecule has 3 rings (SSSR count). The Balaban J connectivity index is 1.70. The van der Waals surface area contributed by atoms with Crippen LogP contribution in [0.25, 0.3) is 5.65 Å². The van der Waals surface area contributed by atoms with Crippen molar-refractivity contribution in [2.24, 2.45) is 5.92 Å². The highest BCUT2D eigenvalue weighted by Crippen LogP contribution is 2.19. The van der Waals surface area contributed by atoms with E-state index < -0.39 is 4.92 Å². The van der Waals surface area contributed by atoms with E-state index in [4.69, 9.17) is 0 Å². The van der Waals surface area contributed by atoms with Crippen LogP contribution in [0.5, 0.6) is 0 Å². The van der Waals surface area contributed by atoms with Gasteiger partial charge in [-0.3, -0.25) is 4.90 Å². The number of imidazole rings is 1. The van der Waals surface area contributed by atoms with Gasteiger partial charge in [0.1, 0.15) is 6.20 Å². The quantitative estimate of drug-likeness (QED) is 0.646. The van der Waals surface area contributed by atoms with E-state index >= 15 is 0 Å². The van der Waals surface area contributed by atoms with E-state index in [9.17, 15) is 10.1 Å². The monoisotopic (exact) mass is 332 g/mol. The maximum absolute atomic E-state index is 11.0. The number of nitrogens with one attached hydrogen (secondary N) is 1. The van der Waals surface area contributed by atoms with Crippen LogP contribution in [0.2, 0.25) is 0 Å². The molecule has 0 aliphatic carbocycles. The van der Waals surface area contributed by atoms with Gasteiger partial charge in [-0.15, -0.1) is 0 Å². The maximum Gasteiger partial charge on any atom is 0.368 e. The zero-order valence-electron chi connectivity index (χ0n) is 14.2. The third-order valence-electron chi connectivity index (χ3n) is 4.40. The molecule has 8 heteroatoms. The topological polar surface area (TPSA) is 88.6 Å². The largest absolute Gasteiger partial charge is 0.368 e. The van der Waals surface area contributed by atoms with E-state index in [2.05, 4.69) is 34.1 Å². The third kappa shape index (κ3) is 3.64. The van der Waals surface area contributed by atoms with E-state index in [1.54, 1.807) is 6.07 Å². The van der Waals surface area contributed by atoms with Gasteiger partial charge in [0.25, 0.3) is 0 Å². The number of rotatable bonds is 6. The van der Waals surface area contributed by atoms with E-state index in [0.29, 0.717) is 23.4 Å². The molecule has 1 unspecified atom stereocenters. The molecule has 8 nitrogen and oxygen atoms in total. The first-order chi connectivity index (χ1) is 11.5.